The van der Waals surface area contributed by atoms with Gasteiger partial charge in [0.05, 0.1) is 6.42 Å². The first-order valence-corrected chi connectivity index (χ1v) is 6.99. The second kappa shape index (κ2) is 6.11. The van der Waals surface area contributed by atoms with E-state index < -0.39 is 30.5 Å². The normalized spacial score (nSPS) is 22.7. The van der Waals surface area contributed by atoms with Gasteiger partial charge in [-0.25, -0.2) is 4.79 Å². The number of hydrogen-bond donors (Lipinski definition) is 2. The van der Waals surface area contributed by atoms with E-state index in [9.17, 15) is 19.2 Å². The van der Waals surface area contributed by atoms with Gasteiger partial charge in [-0.05, 0) is 12.8 Å². The largest absolute Gasteiger partial charge is 0.480 e. The maximum Gasteiger partial charge on any atom is 0.323 e. The first kappa shape index (κ1) is 15.3. The number of aliphatic carboxylic acids is 1. The van der Waals surface area contributed by atoms with Crippen molar-refractivity contribution in [3.8, 4) is 0 Å². The average Bonchev–Trinajstić information content (AvgIpc) is 3.02. The topological polar surface area (TPSA) is 107 Å². The van der Waals surface area contributed by atoms with Crippen molar-refractivity contribution < 1.29 is 24.3 Å². The molecule has 0 aromatic carbocycles. The van der Waals surface area contributed by atoms with Gasteiger partial charge in [0.25, 0.3) is 5.91 Å². The lowest BCUT2D eigenvalue weighted by molar-refractivity contribution is -0.138. The van der Waals surface area contributed by atoms with Gasteiger partial charge in [-0.2, -0.15) is 0 Å². The molecular formula is C13H19N3O5. The van der Waals surface area contributed by atoms with Gasteiger partial charge in [-0.15, -0.1) is 0 Å². The average molecular weight is 297 g/mol. The summed E-state index contributed by atoms with van der Waals surface area (Å²) in [5.74, 6) is -1.91. The second-order valence-corrected chi connectivity index (χ2v) is 5.46. The summed E-state index contributed by atoms with van der Waals surface area (Å²) < 4.78 is 0. The van der Waals surface area contributed by atoms with Gasteiger partial charge in [-0.3, -0.25) is 19.3 Å². The standard InChI is InChI=1S/C13H19N3O5/c1-15-10(17)6-9(12(15)20)14-13(21)16(7-11(18)19)8-4-2-3-5-8/h8-9H,2-7H2,1H3,(H,14,21)(H,18,19). The molecule has 8 nitrogen and oxygen atoms in total. The first-order valence-electron chi connectivity index (χ1n) is 6.99. The second-order valence-electron chi connectivity index (χ2n) is 5.46. The van der Waals surface area contributed by atoms with E-state index in [0.29, 0.717) is 0 Å². The highest BCUT2D eigenvalue weighted by Gasteiger charge is 2.38. The van der Waals surface area contributed by atoms with Crippen LogP contribution < -0.4 is 5.32 Å². The summed E-state index contributed by atoms with van der Waals surface area (Å²) in [7, 11) is 1.36. The minimum Gasteiger partial charge on any atom is -0.480 e. The number of hydrogen-bond acceptors (Lipinski definition) is 4. The van der Waals surface area contributed by atoms with E-state index in [0.717, 1.165) is 30.6 Å². The number of nitrogens with one attached hydrogen (secondary N) is 1. The summed E-state index contributed by atoms with van der Waals surface area (Å²) in [6, 6.07) is -1.61. The molecule has 0 aromatic heterocycles. The summed E-state index contributed by atoms with van der Waals surface area (Å²) >= 11 is 0. The Balaban J connectivity index is 2.02. The van der Waals surface area contributed by atoms with Gasteiger partial charge in [0.2, 0.25) is 5.91 Å². The molecule has 1 heterocycles. The Morgan fingerprint density at radius 2 is 1.95 bits per heavy atom. The number of imide groups is 1. The Bertz CT molecular complexity index is 472. The minimum atomic E-state index is -1.09. The van der Waals surface area contributed by atoms with Crippen LogP contribution in [0.4, 0.5) is 4.79 Å². The third-order valence-corrected chi connectivity index (χ3v) is 4.01. The number of carbonyl (C=O) groups excluding carboxylic acids is 3. The number of carbonyl (C=O) groups is 4. The van der Waals surface area contributed by atoms with Crippen molar-refractivity contribution in [3.05, 3.63) is 0 Å². The fraction of sp³-hybridized carbons (Fsp3) is 0.692. The summed E-state index contributed by atoms with van der Waals surface area (Å²) in [5.41, 5.74) is 0. The molecule has 21 heavy (non-hydrogen) atoms. The highest BCUT2D eigenvalue weighted by atomic mass is 16.4. The zero-order chi connectivity index (χ0) is 15.6. The van der Waals surface area contributed by atoms with E-state index in [4.69, 9.17) is 5.11 Å². The molecule has 2 N–H and O–H groups in total. The Hall–Kier alpha value is -2.12. The van der Waals surface area contributed by atoms with E-state index in [2.05, 4.69) is 5.32 Å². The van der Waals surface area contributed by atoms with Crippen molar-refractivity contribution in [1.82, 2.24) is 15.1 Å². The fourth-order valence-corrected chi connectivity index (χ4v) is 2.83. The van der Waals surface area contributed by atoms with E-state index in [1.165, 1.54) is 11.9 Å². The lowest BCUT2D eigenvalue weighted by Crippen LogP contribution is -2.52. The van der Waals surface area contributed by atoms with E-state index >= 15 is 0 Å². The van der Waals surface area contributed by atoms with Crippen molar-refractivity contribution in [2.75, 3.05) is 13.6 Å². The molecule has 1 saturated heterocycles. The van der Waals surface area contributed by atoms with Gasteiger partial charge in [0.1, 0.15) is 12.6 Å². The van der Waals surface area contributed by atoms with E-state index in [-0.39, 0.29) is 18.4 Å². The Labute approximate surface area is 122 Å². The highest BCUT2D eigenvalue weighted by molar-refractivity contribution is 6.06. The summed E-state index contributed by atoms with van der Waals surface area (Å²) in [5, 5.41) is 11.4. The Morgan fingerprint density at radius 3 is 2.43 bits per heavy atom. The highest BCUT2D eigenvalue weighted by Crippen LogP contribution is 2.23. The van der Waals surface area contributed by atoms with Crippen LogP contribution in [0.2, 0.25) is 0 Å². The van der Waals surface area contributed by atoms with Crippen LogP contribution in [0.3, 0.4) is 0 Å². The predicted molar refractivity (Wildman–Crippen MR) is 71.3 cm³/mol. The maximum absolute atomic E-state index is 12.3. The molecule has 0 spiro atoms. The molecule has 1 saturated carbocycles. The van der Waals surface area contributed by atoms with Crippen LogP contribution in [-0.4, -0.2) is 64.4 Å². The number of likely N-dealkylation sites (tertiary alicyclic amines) is 1. The zero-order valence-corrected chi connectivity index (χ0v) is 11.9. The predicted octanol–water partition coefficient (Wildman–Crippen LogP) is -0.217. The number of urea groups is 1. The molecule has 2 fully saturated rings. The number of carboxylic acids is 1. The number of rotatable bonds is 4. The van der Waals surface area contributed by atoms with Crippen LogP contribution in [0.5, 0.6) is 0 Å². The quantitative estimate of drug-likeness (QED) is 0.698. The molecule has 2 aliphatic rings. The van der Waals surface area contributed by atoms with Gasteiger partial charge < -0.3 is 15.3 Å². The van der Waals surface area contributed by atoms with Crippen molar-refractivity contribution >= 4 is 23.8 Å². The SMILES string of the molecule is CN1C(=O)CC(NC(=O)N(CC(=O)O)C2CCCC2)C1=O. The molecular weight excluding hydrogens is 278 g/mol. The Morgan fingerprint density at radius 1 is 1.33 bits per heavy atom. The monoisotopic (exact) mass is 297 g/mol. The minimum absolute atomic E-state index is 0.0767. The molecule has 4 amide bonds. The third-order valence-electron chi connectivity index (χ3n) is 4.01. The van der Waals surface area contributed by atoms with Crippen molar-refractivity contribution in [2.45, 2.75) is 44.2 Å². The molecule has 1 aliphatic carbocycles. The van der Waals surface area contributed by atoms with E-state index in [1.54, 1.807) is 0 Å². The maximum atomic E-state index is 12.3. The molecule has 0 bridgehead atoms. The first-order chi connectivity index (χ1) is 9.90. The lowest BCUT2D eigenvalue weighted by atomic mass is 10.2. The van der Waals surface area contributed by atoms with Crippen LogP contribution in [0.25, 0.3) is 0 Å². The summed E-state index contributed by atoms with van der Waals surface area (Å²) in [6.07, 6.45) is 3.36. The van der Waals surface area contributed by atoms with Crippen molar-refractivity contribution in [1.29, 1.82) is 0 Å². The summed E-state index contributed by atoms with van der Waals surface area (Å²) in [4.78, 5) is 48.6. The zero-order valence-electron chi connectivity index (χ0n) is 11.9. The van der Waals surface area contributed by atoms with Gasteiger partial charge in [-0.1, -0.05) is 12.8 Å². The number of nitrogens with zero attached hydrogens (tertiary/aromatic N) is 2. The van der Waals surface area contributed by atoms with Gasteiger partial charge >= 0.3 is 12.0 Å². The molecule has 1 atom stereocenters. The summed E-state index contributed by atoms with van der Waals surface area (Å²) in [6.45, 7) is -0.402. The van der Waals surface area contributed by atoms with Crippen LogP contribution >= 0.6 is 0 Å². The molecule has 1 unspecified atom stereocenters. The number of likely N-dealkylation sites (N-methyl/N-ethyl adjacent to an activating group) is 1. The molecule has 116 valence electrons. The lowest BCUT2D eigenvalue weighted by Gasteiger charge is -2.28. The molecule has 2 rings (SSSR count). The van der Waals surface area contributed by atoms with Gasteiger partial charge in [0.15, 0.2) is 0 Å². The third kappa shape index (κ3) is 3.32. The van der Waals surface area contributed by atoms with Crippen molar-refractivity contribution in [3.63, 3.8) is 0 Å². The van der Waals surface area contributed by atoms with Crippen molar-refractivity contribution in [2.24, 2.45) is 0 Å². The molecule has 8 heteroatoms. The number of amides is 4. The van der Waals surface area contributed by atoms with Crippen LogP contribution in [-0.2, 0) is 14.4 Å². The molecule has 1 aliphatic heterocycles. The molecule has 0 radical (unpaired) electrons. The number of carboxylic acid groups (broad SMARTS) is 1. The smallest absolute Gasteiger partial charge is 0.323 e. The van der Waals surface area contributed by atoms with E-state index in [1.807, 2.05) is 0 Å². The van der Waals surface area contributed by atoms with Crippen LogP contribution in [0, 0.1) is 0 Å². The Kier molecular flexibility index (Phi) is 4.44. The molecule has 0 aromatic rings. The van der Waals surface area contributed by atoms with Crippen LogP contribution in [0.1, 0.15) is 32.1 Å². The van der Waals surface area contributed by atoms with Crippen LogP contribution in [0.15, 0.2) is 0 Å². The van der Waals surface area contributed by atoms with Gasteiger partial charge in [0, 0.05) is 13.1 Å². The fourth-order valence-electron chi connectivity index (χ4n) is 2.83.